The summed E-state index contributed by atoms with van der Waals surface area (Å²) in [6.45, 7) is 1.56. The first-order valence-corrected chi connectivity index (χ1v) is 12.4. The molecule has 9 nitrogen and oxygen atoms in total. The Hall–Kier alpha value is -3.02. The lowest BCUT2D eigenvalue weighted by atomic mass is 10.2. The van der Waals surface area contributed by atoms with Crippen molar-refractivity contribution in [3.05, 3.63) is 75.7 Å². The molecule has 0 saturated heterocycles. The molecule has 3 aromatic rings. The third-order valence-corrected chi connectivity index (χ3v) is 6.51. The van der Waals surface area contributed by atoms with Gasteiger partial charge in [-0.25, -0.2) is 0 Å². The Bertz CT molecular complexity index is 1490. The molecule has 0 bridgehead atoms. The second kappa shape index (κ2) is 9.92. The molecule has 1 heterocycles. The van der Waals surface area contributed by atoms with Gasteiger partial charge in [0.15, 0.2) is 11.8 Å². The van der Waals surface area contributed by atoms with Crippen LogP contribution in [0.1, 0.15) is 6.92 Å². The number of nitrogens with zero attached hydrogens (tertiary/aromatic N) is 4. The fourth-order valence-electron chi connectivity index (χ4n) is 3.10. The van der Waals surface area contributed by atoms with Gasteiger partial charge >= 0.3 is 0 Å². The van der Waals surface area contributed by atoms with Crippen LogP contribution >= 0.6 is 34.8 Å². The lowest BCUT2D eigenvalue weighted by Crippen LogP contribution is -2.30. The molecule has 180 valence electrons. The monoisotopic (exact) mass is 552 g/mol. The molecular weight excluding hydrogens is 539 g/mol. The van der Waals surface area contributed by atoms with E-state index in [4.69, 9.17) is 39.5 Å². The van der Waals surface area contributed by atoms with E-state index in [-0.39, 0.29) is 22.1 Å². The molecule has 1 N–H and O–H groups in total. The van der Waals surface area contributed by atoms with Crippen molar-refractivity contribution in [1.29, 1.82) is 0 Å². The van der Waals surface area contributed by atoms with Crippen molar-refractivity contribution in [1.82, 2.24) is 0 Å². The van der Waals surface area contributed by atoms with Gasteiger partial charge < -0.3 is 4.74 Å². The van der Waals surface area contributed by atoms with Gasteiger partial charge in [0.25, 0.3) is 16.0 Å². The molecule has 13 heteroatoms. The van der Waals surface area contributed by atoms with Crippen molar-refractivity contribution in [2.45, 2.75) is 17.9 Å². The SMILES string of the molecule is CC1=NN(c2cc(S(=O)(=O)O)ccc2Cl)C(=O)[C@H]1N=Nc1cc(Cl)ccc1Oc1ccccc1Cl. The van der Waals surface area contributed by atoms with Crippen LogP contribution < -0.4 is 9.75 Å². The third kappa shape index (κ3) is 5.47. The Morgan fingerprint density at radius 1 is 1.00 bits per heavy atom. The Balaban J connectivity index is 1.63. The maximum absolute atomic E-state index is 13.1. The van der Waals surface area contributed by atoms with Crippen LogP contribution in [0.25, 0.3) is 0 Å². The molecule has 1 aliphatic heterocycles. The van der Waals surface area contributed by atoms with Gasteiger partial charge in [-0.05, 0) is 55.5 Å². The van der Waals surface area contributed by atoms with Crippen LogP contribution in [-0.4, -0.2) is 30.6 Å². The van der Waals surface area contributed by atoms with Crippen molar-refractivity contribution in [2.24, 2.45) is 15.3 Å². The minimum Gasteiger partial charge on any atom is -0.453 e. The number of ether oxygens (including phenoxy) is 1. The van der Waals surface area contributed by atoms with E-state index in [1.54, 1.807) is 43.3 Å². The number of amides is 1. The summed E-state index contributed by atoms with van der Waals surface area (Å²) in [7, 11) is -4.52. The van der Waals surface area contributed by atoms with E-state index in [9.17, 15) is 17.8 Å². The summed E-state index contributed by atoms with van der Waals surface area (Å²) in [5, 5.41) is 14.1. The second-order valence-corrected chi connectivity index (χ2v) is 9.91. The third-order valence-electron chi connectivity index (χ3n) is 4.80. The van der Waals surface area contributed by atoms with Gasteiger partial charge in [0, 0.05) is 5.02 Å². The normalized spacial score (nSPS) is 16.1. The minimum atomic E-state index is -4.52. The Morgan fingerprint density at radius 3 is 2.46 bits per heavy atom. The molecule has 0 unspecified atom stereocenters. The molecule has 1 aliphatic rings. The summed E-state index contributed by atoms with van der Waals surface area (Å²) < 4.78 is 38.2. The zero-order chi connectivity index (χ0) is 25.3. The van der Waals surface area contributed by atoms with Crippen LogP contribution in [0.4, 0.5) is 11.4 Å². The highest BCUT2D eigenvalue weighted by molar-refractivity contribution is 7.85. The summed E-state index contributed by atoms with van der Waals surface area (Å²) in [6, 6.07) is 13.8. The standard InChI is InChI=1S/C22H15Cl3N4O5S/c1-12-21(22(30)29(28-12)18-11-14(35(31,32)33)7-8-15(18)24)27-26-17-10-13(23)6-9-20(17)34-19-5-3-2-4-16(19)25/h2-11,21H,1H3,(H,31,32,33)/t21-/m0/s1. The number of carbonyl (C=O) groups is 1. The maximum atomic E-state index is 13.1. The van der Waals surface area contributed by atoms with Crippen molar-refractivity contribution in [2.75, 3.05) is 5.01 Å². The highest BCUT2D eigenvalue weighted by atomic mass is 35.5. The number of rotatable bonds is 6. The van der Waals surface area contributed by atoms with Crippen molar-refractivity contribution >= 4 is 67.9 Å². The number of hydrazone groups is 1. The molecule has 1 amide bonds. The topological polar surface area (TPSA) is 121 Å². The van der Waals surface area contributed by atoms with Gasteiger partial charge in [0.1, 0.15) is 11.4 Å². The van der Waals surface area contributed by atoms with Gasteiger partial charge in [-0.2, -0.15) is 28.8 Å². The molecule has 0 aromatic heterocycles. The second-order valence-electron chi connectivity index (χ2n) is 7.24. The average Bonchev–Trinajstić information content (AvgIpc) is 3.08. The number of azo groups is 1. The van der Waals surface area contributed by atoms with Crippen LogP contribution in [0, 0.1) is 0 Å². The lowest BCUT2D eigenvalue weighted by Gasteiger charge is -2.15. The Kier molecular flexibility index (Phi) is 7.11. The van der Waals surface area contributed by atoms with Crippen molar-refractivity contribution < 1.29 is 22.5 Å². The van der Waals surface area contributed by atoms with E-state index in [2.05, 4.69) is 15.3 Å². The molecule has 4 rings (SSSR count). The number of hydrogen-bond acceptors (Lipinski definition) is 7. The van der Waals surface area contributed by atoms with Crippen LogP contribution in [0.15, 0.2) is 80.9 Å². The average molecular weight is 554 g/mol. The quantitative estimate of drug-likeness (QED) is 0.274. The largest absolute Gasteiger partial charge is 0.453 e. The Labute approximate surface area is 215 Å². The van der Waals surface area contributed by atoms with Crippen LogP contribution in [0.5, 0.6) is 11.5 Å². The van der Waals surface area contributed by atoms with Crippen molar-refractivity contribution in [3.8, 4) is 11.5 Å². The zero-order valence-electron chi connectivity index (χ0n) is 17.8. The predicted molar refractivity (Wildman–Crippen MR) is 133 cm³/mol. The summed E-state index contributed by atoms with van der Waals surface area (Å²) >= 11 is 18.4. The summed E-state index contributed by atoms with van der Waals surface area (Å²) in [5.41, 5.74) is 0.486. The first kappa shape index (κ1) is 25.1. The number of benzene rings is 3. The van der Waals surface area contributed by atoms with E-state index in [0.717, 1.165) is 17.1 Å². The molecule has 0 aliphatic carbocycles. The highest BCUT2D eigenvalue weighted by Gasteiger charge is 2.36. The maximum Gasteiger partial charge on any atom is 0.294 e. The molecule has 0 saturated carbocycles. The van der Waals surface area contributed by atoms with E-state index < -0.39 is 27.0 Å². The molecule has 1 atom stereocenters. The molecule has 0 radical (unpaired) electrons. The first-order valence-electron chi connectivity index (χ1n) is 9.83. The van der Waals surface area contributed by atoms with E-state index in [1.807, 2.05) is 0 Å². The fraction of sp³-hybridized carbons (Fsp3) is 0.0909. The highest BCUT2D eigenvalue weighted by Crippen LogP contribution is 2.38. The Morgan fingerprint density at radius 2 is 1.74 bits per heavy atom. The molecule has 3 aromatic carbocycles. The fourth-order valence-corrected chi connectivity index (χ4v) is 4.14. The number of hydrogen-bond donors (Lipinski definition) is 1. The zero-order valence-corrected chi connectivity index (χ0v) is 20.8. The van der Waals surface area contributed by atoms with Gasteiger partial charge in [0.05, 0.1) is 26.3 Å². The van der Waals surface area contributed by atoms with E-state index in [0.29, 0.717) is 21.5 Å². The van der Waals surface area contributed by atoms with Gasteiger partial charge in [-0.1, -0.05) is 46.9 Å². The number of halogens is 3. The van der Waals surface area contributed by atoms with Crippen LogP contribution in [-0.2, 0) is 14.9 Å². The number of para-hydroxylation sites is 1. The van der Waals surface area contributed by atoms with E-state index in [1.165, 1.54) is 12.1 Å². The number of carbonyl (C=O) groups excluding carboxylic acids is 1. The summed E-state index contributed by atoms with van der Waals surface area (Å²) in [5.74, 6) is 0.0606. The van der Waals surface area contributed by atoms with Gasteiger partial charge in [-0.3, -0.25) is 9.35 Å². The summed E-state index contributed by atoms with van der Waals surface area (Å²) in [4.78, 5) is 12.6. The first-order chi connectivity index (χ1) is 16.5. The van der Waals surface area contributed by atoms with Crippen LogP contribution in [0.3, 0.4) is 0 Å². The van der Waals surface area contributed by atoms with Crippen molar-refractivity contribution in [3.63, 3.8) is 0 Å². The van der Waals surface area contributed by atoms with E-state index >= 15 is 0 Å². The lowest BCUT2D eigenvalue weighted by molar-refractivity contribution is -0.117. The predicted octanol–water partition coefficient (Wildman–Crippen LogP) is 6.56. The smallest absolute Gasteiger partial charge is 0.294 e. The molecule has 0 fully saturated rings. The van der Waals surface area contributed by atoms with Gasteiger partial charge in [0.2, 0.25) is 0 Å². The molecule has 0 spiro atoms. The number of anilines is 1. The summed E-state index contributed by atoms with van der Waals surface area (Å²) in [6.07, 6.45) is 0. The molecular formula is C22H15Cl3N4O5S. The van der Waals surface area contributed by atoms with Gasteiger partial charge in [-0.15, -0.1) is 0 Å². The minimum absolute atomic E-state index is 0.0330. The molecule has 35 heavy (non-hydrogen) atoms. The van der Waals surface area contributed by atoms with Crippen LogP contribution in [0.2, 0.25) is 15.1 Å².